The molecule has 114 valence electrons. The molecule has 0 fully saturated rings. The summed E-state index contributed by atoms with van der Waals surface area (Å²) in [5.74, 6) is -3.47. The lowest BCUT2D eigenvalue weighted by Gasteiger charge is -2.19. The van der Waals surface area contributed by atoms with Crippen molar-refractivity contribution in [1.82, 2.24) is 4.90 Å². The van der Waals surface area contributed by atoms with Crippen LogP contribution in [0.2, 0.25) is 0 Å². The van der Waals surface area contributed by atoms with Crippen molar-refractivity contribution in [3.05, 3.63) is 24.0 Å². The molecule has 9 heteroatoms. The van der Waals surface area contributed by atoms with Crippen molar-refractivity contribution in [2.45, 2.75) is 0 Å². The maximum absolute atomic E-state index is 13.2. The van der Waals surface area contributed by atoms with Crippen LogP contribution in [-0.2, 0) is 9.59 Å². The van der Waals surface area contributed by atoms with Crippen molar-refractivity contribution in [3.63, 3.8) is 0 Å². The zero-order valence-electron chi connectivity index (χ0n) is 11.0. The van der Waals surface area contributed by atoms with Gasteiger partial charge in [-0.05, 0) is 12.1 Å². The van der Waals surface area contributed by atoms with Gasteiger partial charge in [0, 0.05) is 11.8 Å². The molecule has 0 atom stereocenters. The van der Waals surface area contributed by atoms with Gasteiger partial charge in [0.05, 0.1) is 7.11 Å². The first-order valence-electron chi connectivity index (χ1n) is 5.66. The number of carboxylic acid groups (broad SMARTS) is 2. The summed E-state index contributed by atoms with van der Waals surface area (Å²) in [6.45, 7) is -1.56. The van der Waals surface area contributed by atoms with Crippen LogP contribution in [0.1, 0.15) is 0 Å². The largest absolute Gasteiger partial charge is 0.494 e. The average Bonchev–Trinajstić information content (AvgIpc) is 2.39. The van der Waals surface area contributed by atoms with E-state index < -0.39 is 36.9 Å². The number of amides is 2. The molecule has 0 radical (unpaired) electrons. The van der Waals surface area contributed by atoms with Crippen molar-refractivity contribution in [3.8, 4) is 5.75 Å². The van der Waals surface area contributed by atoms with E-state index in [1.54, 1.807) is 0 Å². The van der Waals surface area contributed by atoms with Crippen LogP contribution in [0, 0.1) is 5.82 Å². The maximum Gasteiger partial charge on any atom is 0.323 e. The lowest BCUT2D eigenvalue weighted by molar-refractivity contribution is -0.140. The summed E-state index contributed by atoms with van der Waals surface area (Å²) in [6.07, 6.45) is 0. The number of urea groups is 1. The minimum Gasteiger partial charge on any atom is -0.494 e. The number of aliphatic carboxylic acids is 2. The first-order chi connectivity index (χ1) is 9.83. The SMILES string of the molecule is COc1cc(NC(=O)N(CC(=O)O)CC(=O)O)ccc1F. The maximum atomic E-state index is 13.2. The molecule has 0 aliphatic heterocycles. The summed E-state index contributed by atoms with van der Waals surface area (Å²) in [5, 5.41) is 19.6. The summed E-state index contributed by atoms with van der Waals surface area (Å²) in [6, 6.07) is 2.53. The van der Waals surface area contributed by atoms with E-state index in [0.29, 0.717) is 4.90 Å². The molecule has 0 bridgehead atoms. The van der Waals surface area contributed by atoms with Crippen molar-refractivity contribution < 1.29 is 33.7 Å². The Labute approximate surface area is 118 Å². The number of hydrogen-bond donors (Lipinski definition) is 3. The molecule has 0 spiro atoms. The summed E-state index contributed by atoms with van der Waals surface area (Å²) < 4.78 is 17.9. The van der Waals surface area contributed by atoms with Crippen molar-refractivity contribution >= 4 is 23.7 Å². The monoisotopic (exact) mass is 300 g/mol. The second-order valence-corrected chi connectivity index (χ2v) is 3.92. The molecule has 0 aromatic heterocycles. The van der Waals surface area contributed by atoms with Crippen LogP contribution in [0.4, 0.5) is 14.9 Å². The molecular weight excluding hydrogens is 287 g/mol. The first-order valence-corrected chi connectivity index (χ1v) is 5.66. The lowest BCUT2D eigenvalue weighted by Crippen LogP contribution is -2.41. The number of anilines is 1. The lowest BCUT2D eigenvalue weighted by atomic mass is 10.3. The topological polar surface area (TPSA) is 116 Å². The van der Waals surface area contributed by atoms with Crippen LogP contribution >= 0.6 is 0 Å². The fraction of sp³-hybridized carbons (Fsp3) is 0.250. The van der Waals surface area contributed by atoms with E-state index >= 15 is 0 Å². The molecule has 1 aromatic rings. The third-order valence-corrected chi connectivity index (χ3v) is 2.34. The van der Waals surface area contributed by atoms with Crippen molar-refractivity contribution in [2.75, 3.05) is 25.5 Å². The van der Waals surface area contributed by atoms with E-state index in [-0.39, 0.29) is 11.4 Å². The number of carboxylic acids is 2. The molecule has 1 aromatic carbocycles. The number of nitrogens with zero attached hydrogens (tertiary/aromatic N) is 1. The second kappa shape index (κ2) is 7.08. The summed E-state index contributed by atoms with van der Waals surface area (Å²) in [4.78, 5) is 33.6. The Morgan fingerprint density at radius 1 is 1.24 bits per heavy atom. The first kappa shape index (κ1) is 16.2. The smallest absolute Gasteiger partial charge is 0.323 e. The standard InChI is InChI=1S/C12H13FN2O6/c1-21-9-4-7(2-3-8(9)13)14-12(20)15(5-10(16)17)6-11(18)19/h2-4H,5-6H2,1H3,(H,14,20)(H,16,17)(H,18,19). The van der Waals surface area contributed by atoms with Gasteiger partial charge < -0.3 is 25.2 Å². The van der Waals surface area contributed by atoms with Crippen LogP contribution in [0.3, 0.4) is 0 Å². The molecule has 0 saturated heterocycles. The Morgan fingerprint density at radius 2 is 1.81 bits per heavy atom. The quantitative estimate of drug-likeness (QED) is 0.716. The molecule has 8 nitrogen and oxygen atoms in total. The number of benzene rings is 1. The number of nitrogens with one attached hydrogen (secondary N) is 1. The number of carbonyl (C=O) groups excluding carboxylic acids is 1. The molecule has 0 aliphatic rings. The fourth-order valence-electron chi connectivity index (χ4n) is 1.47. The van der Waals surface area contributed by atoms with Gasteiger partial charge in [-0.15, -0.1) is 0 Å². The number of halogens is 1. The minimum atomic E-state index is -1.36. The summed E-state index contributed by atoms with van der Waals surface area (Å²) >= 11 is 0. The third-order valence-electron chi connectivity index (χ3n) is 2.34. The number of carbonyl (C=O) groups is 3. The van der Waals surface area contributed by atoms with Crippen LogP contribution in [0.15, 0.2) is 18.2 Å². The highest BCUT2D eigenvalue weighted by Gasteiger charge is 2.20. The van der Waals surface area contributed by atoms with Gasteiger partial charge in [-0.2, -0.15) is 0 Å². The van der Waals surface area contributed by atoms with Gasteiger partial charge >= 0.3 is 18.0 Å². The van der Waals surface area contributed by atoms with Crippen LogP contribution in [0.25, 0.3) is 0 Å². The van der Waals surface area contributed by atoms with Crippen LogP contribution < -0.4 is 10.1 Å². The normalized spacial score (nSPS) is 9.81. The third kappa shape index (κ3) is 4.97. The van der Waals surface area contributed by atoms with Crippen LogP contribution in [0.5, 0.6) is 5.75 Å². The van der Waals surface area contributed by atoms with Gasteiger partial charge in [0.15, 0.2) is 11.6 Å². The van der Waals surface area contributed by atoms with Gasteiger partial charge in [0.25, 0.3) is 0 Å². The van der Waals surface area contributed by atoms with E-state index in [4.69, 9.17) is 14.9 Å². The number of hydrogen-bond acceptors (Lipinski definition) is 4. The summed E-state index contributed by atoms with van der Waals surface area (Å²) in [5.41, 5.74) is 0.138. The predicted molar refractivity (Wildman–Crippen MR) is 68.8 cm³/mol. The molecule has 1 rings (SSSR count). The average molecular weight is 300 g/mol. The Morgan fingerprint density at radius 3 is 2.29 bits per heavy atom. The molecule has 0 heterocycles. The highest BCUT2D eigenvalue weighted by atomic mass is 19.1. The van der Waals surface area contributed by atoms with E-state index in [1.807, 2.05) is 0 Å². The Hall–Kier alpha value is -2.84. The molecule has 0 saturated carbocycles. The highest BCUT2D eigenvalue weighted by molar-refractivity contribution is 5.93. The van der Waals surface area contributed by atoms with Crippen molar-refractivity contribution in [2.24, 2.45) is 0 Å². The summed E-state index contributed by atoms with van der Waals surface area (Å²) in [7, 11) is 1.24. The minimum absolute atomic E-state index is 0.115. The molecule has 21 heavy (non-hydrogen) atoms. The van der Waals surface area contributed by atoms with Crippen LogP contribution in [-0.4, -0.2) is 53.3 Å². The number of methoxy groups -OCH3 is 1. The Balaban J connectivity index is 2.85. The van der Waals surface area contributed by atoms with E-state index in [2.05, 4.69) is 5.32 Å². The number of ether oxygens (including phenoxy) is 1. The van der Waals surface area contributed by atoms with E-state index in [9.17, 15) is 18.8 Å². The fourth-order valence-corrected chi connectivity index (χ4v) is 1.47. The second-order valence-electron chi connectivity index (χ2n) is 3.92. The molecule has 2 amide bonds. The van der Waals surface area contributed by atoms with Gasteiger partial charge in [0.1, 0.15) is 13.1 Å². The zero-order valence-corrected chi connectivity index (χ0v) is 11.0. The van der Waals surface area contributed by atoms with Gasteiger partial charge in [0.2, 0.25) is 0 Å². The molecule has 0 aliphatic carbocycles. The Kier molecular flexibility index (Phi) is 5.47. The highest BCUT2D eigenvalue weighted by Crippen LogP contribution is 2.21. The van der Waals surface area contributed by atoms with Crippen molar-refractivity contribution in [1.29, 1.82) is 0 Å². The van der Waals surface area contributed by atoms with E-state index in [0.717, 1.165) is 6.07 Å². The van der Waals surface area contributed by atoms with Gasteiger partial charge in [-0.1, -0.05) is 0 Å². The molecule has 3 N–H and O–H groups in total. The zero-order chi connectivity index (χ0) is 16.0. The van der Waals surface area contributed by atoms with Gasteiger partial charge in [-0.25, -0.2) is 9.18 Å². The molecular formula is C12H13FN2O6. The Bertz CT molecular complexity index is 547. The number of rotatable bonds is 6. The molecule has 0 unspecified atom stereocenters. The van der Waals surface area contributed by atoms with E-state index in [1.165, 1.54) is 19.2 Å². The van der Waals surface area contributed by atoms with Gasteiger partial charge in [-0.3, -0.25) is 9.59 Å². The predicted octanol–water partition coefficient (Wildman–Crippen LogP) is 0.837.